The Morgan fingerprint density at radius 2 is 1.76 bits per heavy atom. The molecule has 0 N–H and O–H groups in total. The highest BCUT2D eigenvalue weighted by atomic mass is 14.4. The van der Waals surface area contributed by atoms with Gasteiger partial charge in [-0.1, -0.05) is 88.3 Å². The lowest BCUT2D eigenvalue weighted by Crippen LogP contribution is -2.28. The summed E-state index contributed by atoms with van der Waals surface area (Å²) in [5, 5.41) is 0. The van der Waals surface area contributed by atoms with Crippen LogP contribution < -0.4 is 5.46 Å². The molecule has 1 heteroatoms. The fourth-order valence-electron chi connectivity index (χ4n) is 5.76. The Labute approximate surface area is 153 Å². The smallest absolute Gasteiger partial charge is 0.0797 e. The van der Waals surface area contributed by atoms with Gasteiger partial charge in [-0.3, -0.25) is 0 Å². The number of benzene rings is 1. The number of hydrogen-bond acceptors (Lipinski definition) is 0. The summed E-state index contributed by atoms with van der Waals surface area (Å²) in [5.41, 5.74) is 8.71. The van der Waals surface area contributed by atoms with Crippen LogP contribution in [0, 0.1) is 16.7 Å². The van der Waals surface area contributed by atoms with Crippen LogP contribution >= 0.6 is 0 Å². The molecule has 0 nitrogen and oxygen atoms in total. The monoisotopic (exact) mass is 328 g/mol. The molecule has 1 saturated heterocycles. The third-order valence-corrected chi connectivity index (χ3v) is 8.04. The maximum atomic E-state index is 2.58. The lowest BCUT2D eigenvalue weighted by molar-refractivity contribution is 0.177. The van der Waals surface area contributed by atoms with Crippen molar-refractivity contribution >= 4 is 12.2 Å². The van der Waals surface area contributed by atoms with E-state index in [9.17, 15) is 0 Å². The Morgan fingerprint density at radius 1 is 1.00 bits per heavy atom. The third kappa shape index (κ3) is 2.27. The van der Waals surface area contributed by atoms with Gasteiger partial charge >= 0.3 is 0 Å². The zero-order valence-corrected chi connectivity index (χ0v) is 16.1. The number of hydrogen-bond donors (Lipinski definition) is 0. The molecule has 1 heterocycles. The van der Waals surface area contributed by atoms with Crippen LogP contribution in [-0.2, 0) is 6.42 Å². The molecule has 0 bridgehead atoms. The summed E-state index contributed by atoms with van der Waals surface area (Å²) in [6, 6.07) is 7.47. The molecule has 25 heavy (non-hydrogen) atoms. The minimum atomic E-state index is 0.429. The van der Waals surface area contributed by atoms with Gasteiger partial charge in [-0.15, -0.1) is 0 Å². The van der Waals surface area contributed by atoms with Crippen LogP contribution in [0.5, 0.6) is 0 Å². The van der Waals surface area contributed by atoms with Gasteiger partial charge in [0.1, 0.15) is 0 Å². The first-order valence-corrected chi connectivity index (χ1v) is 10.1. The molecule has 5 rings (SSSR count). The summed E-state index contributed by atoms with van der Waals surface area (Å²) in [4.78, 5) is 0. The maximum absolute atomic E-state index is 2.58. The number of fused-ring (bicyclic) bond motifs is 4. The van der Waals surface area contributed by atoms with Crippen LogP contribution in [0.25, 0.3) is 0 Å². The molecule has 0 radical (unpaired) electrons. The zero-order valence-electron chi connectivity index (χ0n) is 16.1. The van der Waals surface area contributed by atoms with E-state index in [0.29, 0.717) is 22.7 Å². The van der Waals surface area contributed by atoms with E-state index in [-0.39, 0.29) is 0 Å². The minimum absolute atomic E-state index is 0.429. The molecule has 0 spiro atoms. The van der Waals surface area contributed by atoms with Crippen LogP contribution in [0.3, 0.4) is 0 Å². The molecule has 0 saturated carbocycles. The third-order valence-electron chi connectivity index (χ3n) is 8.04. The second-order valence-corrected chi connectivity index (χ2v) is 10.1. The van der Waals surface area contributed by atoms with Crippen LogP contribution in [0.4, 0.5) is 0 Å². The van der Waals surface area contributed by atoms with Crippen molar-refractivity contribution in [2.24, 2.45) is 16.7 Å². The molecular formula is C24H29B. The minimum Gasteiger partial charge on any atom is -0.0797 e. The molecule has 128 valence electrons. The van der Waals surface area contributed by atoms with Gasteiger partial charge in [0, 0.05) is 5.92 Å². The summed E-state index contributed by atoms with van der Waals surface area (Å²) >= 11 is 0. The van der Waals surface area contributed by atoms with Gasteiger partial charge in [0.15, 0.2) is 6.71 Å². The Balaban J connectivity index is 1.49. The fraction of sp³-hybridized carbons (Fsp3) is 0.500. The van der Waals surface area contributed by atoms with Gasteiger partial charge in [-0.2, -0.15) is 0 Å². The first kappa shape index (κ1) is 15.7. The zero-order chi connectivity index (χ0) is 17.4. The average Bonchev–Trinajstić information content (AvgIpc) is 3.19. The molecule has 1 aromatic rings. The first-order chi connectivity index (χ1) is 11.8. The molecule has 1 aromatic carbocycles. The van der Waals surface area contributed by atoms with Crippen molar-refractivity contribution in [1.82, 2.24) is 0 Å². The van der Waals surface area contributed by atoms with E-state index in [1.54, 1.807) is 22.2 Å². The largest absolute Gasteiger partial charge is 0.176 e. The molecule has 2 unspecified atom stereocenters. The SMILES string of the molecule is CC1(C)CB(c2ccc3c(c2)C2C=C4C=CCC4=CC2C3)CC1(C)C. The molecule has 1 aliphatic heterocycles. The highest BCUT2D eigenvalue weighted by molar-refractivity contribution is 6.74. The molecule has 4 aliphatic rings. The maximum Gasteiger partial charge on any atom is 0.176 e. The van der Waals surface area contributed by atoms with Gasteiger partial charge in [-0.25, -0.2) is 0 Å². The van der Waals surface area contributed by atoms with Gasteiger partial charge in [0.05, 0.1) is 0 Å². The van der Waals surface area contributed by atoms with Gasteiger partial charge in [-0.05, 0) is 51.9 Å². The Bertz CT molecular complexity index is 818. The van der Waals surface area contributed by atoms with Crippen LogP contribution in [0.15, 0.2) is 53.6 Å². The van der Waals surface area contributed by atoms with Crippen molar-refractivity contribution in [3.8, 4) is 0 Å². The standard InChI is InChI=1S/C24H29B/c1-23(2)14-25(15-24(23,3)4)20-9-8-18-11-19-10-16-6-5-7-17(16)12-21(19)22(18)13-20/h5,7-10,12-13,19,21H,6,11,14-15H2,1-4H3. The normalized spacial score (nSPS) is 30.6. The molecule has 1 fully saturated rings. The highest BCUT2D eigenvalue weighted by Crippen LogP contribution is 2.53. The van der Waals surface area contributed by atoms with Crippen LogP contribution in [-0.4, -0.2) is 6.71 Å². The molecule has 3 aliphatic carbocycles. The lowest BCUT2D eigenvalue weighted by Gasteiger charge is -2.35. The molecule has 2 atom stereocenters. The highest BCUT2D eigenvalue weighted by Gasteiger charge is 2.48. The Hall–Kier alpha value is -1.50. The van der Waals surface area contributed by atoms with Gasteiger partial charge in [0.2, 0.25) is 0 Å². The van der Waals surface area contributed by atoms with Crippen molar-refractivity contribution in [3.63, 3.8) is 0 Å². The van der Waals surface area contributed by atoms with Gasteiger partial charge < -0.3 is 0 Å². The van der Waals surface area contributed by atoms with Crippen molar-refractivity contribution < 1.29 is 0 Å². The van der Waals surface area contributed by atoms with E-state index in [2.05, 4.69) is 70.2 Å². The average molecular weight is 328 g/mol. The summed E-state index contributed by atoms with van der Waals surface area (Å²) in [5.74, 6) is 1.30. The number of rotatable bonds is 1. The van der Waals surface area contributed by atoms with Crippen LogP contribution in [0.1, 0.15) is 51.2 Å². The number of allylic oxidation sites excluding steroid dienone is 6. The van der Waals surface area contributed by atoms with E-state index in [4.69, 9.17) is 0 Å². The van der Waals surface area contributed by atoms with Crippen molar-refractivity contribution in [2.45, 2.75) is 59.1 Å². The summed E-state index contributed by atoms with van der Waals surface area (Å²) in [6.07, 6.45) is 14.8. The van der Waals surface area contributed by atoms with E-state index in [1.165, 1.54) is 24.6 Å². The quantitative estimate of drug-likeness (QED) is 0.594. The van der Waals surface area contributed by atoms with Crippen LogP contribution in [0.2, 0.25) is 12.6 Å². The lowest BCUT2D eigenvalue weighted by atomic mass is 9.42. The summed E-state index contributed by atoms with van der Waals surface area (Å²) < 4.78 is 0. The second kappa shape index (κ2) is 5.03. The predicted octanol–water partition coefficient (Wildman–Crippen LogP) is 5.54. The van der Waals surface area contributed by atoms with E-state index < -0.39 is 0 Å². The predicted molar refractivity (Wildman–Crippen MR) is 109 cm³/mol. The second-order valence-electron chi connectivity index (χ2n) is 10.1. The summed E-state index contributed by atoms with van der Waals surface area (Å²) in [6.45, 7) is 10.6. The van der Waals surface area contributed by atoms with Crippen molar-refractivity contribution in [1.29, 1.82) is 0 Å². The topological polar surface area (TPSA) is 0 Å². The Kier molecular flexibility index (Phi) is 3.16. The van der Waals surface area contributed by atoms with Crippen molar-refractivity contribution in [2.75, 3.05) is 0 Å². The fourth-order valence-corrected chi connectivity index (χ4v) is 5.76. The van der Waals surface area contributed by atoms with E-state index in [0.717, 1.165) is 13.1 Å². The van der Waals surface area contributed by atoms with E-state index in [1.807, 2.05) is 0 Å². The van der Waals surface area contributed by atoms with E-state index >= 15 is 0 Å². The summed E-state index contributed by atoms with van der Waals surface area (Å²) in [7, 11) is 0. The molecule has 0 amide bonds. The Morgan fingerprint density at radius 3 is 2.52 bits per heavy atom. The first-order valence-electron chi connectivity index (χ1n) is 10.1. The molecular weight excluding hydrogens is 299 g/mol. The van der Waals surface area contributed by atoms with Gasteiger partial charge in [0.25, 0.3) is 0 Å². The van der Waals surface area contributed by atoms with Crippen molar-refractivity contribution in [3.05, 3.63) is 64.8 Å². The molecule has 0 aromatic heterocycles.